The molecule has 1 atom stereocenters. The summed E-state index contributed by atoms with van der Waals surface area (Å²) in [6, 6.07) is 3.50. The van der Waals surface area contributed by atoms with Crippen LogP contribution in [0.5, 0.6) is 0 Å². The first-order valence-corrected chi connectivity index (χ1v) is 6.32. The zero-order valence-electron chi connectivity index (χ0n) is 10.9. The van der Waals surface area contributed by atoms with Gasteiger partial charge in [-0.1, -0.05) is 10.3 Å². The van der Waals surface area contributed by atoms with Gasteiger partial charge in [-0.3, -0.25) is 4.79 Å². The van der Waals surface area contributed by atoms with Crippen molar-refractivity contribution >= 4 is 5.91 Å². The highest BCUT2D eigenvalue weighted by molar-refractivity contribution is 5.91. The minimum Gasteiger partial charge on any atom is -0.361 e. The zero-order chi connectivity index (χ0) is 13.4. The molecule has 6 nitrogen and oxygen atoms in total. The molecule has 0 aromatic carbocycles. The van der Waals surface area contributed by atoms with Crippen molar-refractivity contribution in [3.8, 4) is 0 Å². The van der Waals surface area contributed by atoms with Crippen LogP contribution in [0.4, 0.5) is 0 Å². The largest absolute Gasteiger partial charge is 0.361 e. The summed E-state index contributed by atoms with van der Waals surface area (Å²) in [7, 11) is 0. The molecule has 0 spiro atoms. The molecule has 3 heterocycles. The molecule has 0 unspecified atom stereocenters. The number of aromatic nitrogens is 2. The van der Waals surface area contributed by atoms with Crippen molar-refractivity contribution in [1.82, 2.24) is 15.2 Å². The van der Waals surface area contributed by atoms with Crippen LogP contribution < -0.4 is 0 Å². The van der Waals surface area contributed by atoms with Crippen molar-refractivity contribution in [2.45, 2.75) is 32.7 Å². The first kappa shape index (κ1) is 12.0. The first-order valence-electron chi connectivity index (χ1n) is 6.32. The monoisotopic (exact) mass is 261 g/mol. The van der Waals surface area contributed by atoms with Crippen LogP contribution in [-0.4, -0.2) is 27.7 Å². The second-order valence-corrected chi connectivity index (χ2v) is 4.85. The van der Waals surface area contributed by atoms with Gasteiger partial charge in [0.1, 0.15) is 11.5 Å². The summed E-state index contributed by atoms with van der Waals surface area (Å²) in [5.41, 5.74) is 1.51. The van der Waals surface area contributed by atoms with Gasteiger partial charge in [-0.25, -0.2) is 0 Å². The van der Waals surface area contributed by atoms with Crippen molar-refractivity contribution in [2.24, 2.45) is 0 Å². The van der Waals surface area contributed by atoms with Crippen molar-refractivity contribution < 1.29 is 13.8 Å². The SMILES string of the molecule is Cc1cc(C(=O)N2CCC[C@@H]2c2cc(C)on2)on1. The van der Waals surface area contributed by atoms with Crippen LogP contribution in [0.25, 0.3) is 0 Å². The summed E-state index contributed by atoms with van der Waals surface area (Å²) in [6.07, 6.45) is 1.85. The van der Waals surface area contributed by atoms with Gasteiger partial charge in [-0.15, -0.1) is 0 Å². The maximum absolute atomic E-state index is 12.4. The average Bonchev–Trinajstić information content (AvgIpc) is 3.07. The third-order valence-corrected chi connectivity index (χ3v) is 3.34. The Morgan fingerprint density at radius 1 is 1.32 bits per heavy atom. The minimum absolute atomic E-state index is 0.0321. The summed E-state index contributed by atoms with van der Waals surface area (Å²) < 4.78 is 10.1. The number of hydrogen-bond acceptors (Lipinski definition) is 5. The molecule has 1 amide bonds. The van der Waals surface area contributed by atoms with E-state index in [0.717, 1.165) is 24.3 Å². The van der Waals surface area contributed by atoms with Crippen LogP contribution in [0.3, 0.4) is 0 Å². The Kier molecular flexibility index (Phi) is 2.85. The number of likely N-dealkylation sites (tertiary alicyclic amines) is 1. The lowest BCUT2D eigenvalue weighted by atomic mass is 10.1. The minimum atomic E-state index is -0.135. The third-order valence-electron chi connectivity index (χ3n) is 3.34. The zero-order valence-corrected chi connectivity index (χ0v) is 10.9. The van der Waals surface area contributed by atoms with Gasteiger partial charge in [0, 0.05) is 18.7 Å². The van der Waals surface area contributed by atoms with Crippen molar-refractivity contribution in [3.05, 3.63) is 35.0 Å². The van der Waals surface area contributed by atoms with Gasteiger partial charge < -0.3 is 13.9 Å². The van der Waals surface area contributed by atoms with E-state index >= 15 is 0 Å². The Morgan fingerprint density at radius 2 is 2.16 bits per heavy atom. The quantitative estimate of drug-likeness (QED) is 0.829. The Labute approximate surface area is 110 Å². The molecular formula is C13H15N3O3. The predicted molar refractivity (Wildman–Crippen MR) is 65.5 cm³/mol. The van der Waals surface area contributed by atoms with Gasteiger partial charge in [-0.05, 0) is 26.7 Å². The van der Waals surface area contributed by atoms with Crippen LogP contribution >= 0.6 is 0 Å². The van der Waals surface area contributed by atoms with E-state index in [1.807, 2.05) is 13.0 Å². The molecule has 2 aromatic rings. The molecule has 0 aliphatic carbocycles. The highest BCUT2D eigenvalue weighted by Gasteiger charge is 2.34. The van der Waals surface area contributed by atoms with Gasteiger partial charge in [0.2, 0.25) is 5.76 Å². The van der Waals surface area contributed by atoms with Crippen LogP contribution in [0.2, 0.25) is 0 Å². The molecular weight excluding hydrogens is 246 g/mol. The van der Waals surface area contributed by atoms with Crippen molar-refractivity contribution in [3.63, 3.8) is 0 Å². The Morgan fingerprint density at radius 3 is 2.79 bits per heavy atom. The molecule has 19 heavy (non-hydrogen) atoms. The van der Waals surface area contributed by atoms with E-state index < -0.39 is 0 Å². The number of rotatable bonds is 2. The first-order chi connectivity index (χ1) is 9.15. The average molecular weight is 261 g/mol. The summed E-state index contributed by atoms with van der Waals surface area (Å²) in [5.74, 6) is 0.901. The molecule has 0 saturated carbocycles. The van der Waals surface area contributed by atoms with Crippen LogP contribution in [0, 0.1) is 13.8 Å². The fraction of sp³-hybridized carbons (Fsp3) is 0.462. The highest BCUT2D eigenvalue weighted by atomic mass is 16.5. The van der Waals surface area contributed by atoms with Crippen molar-refractivity contribution in [2.75, 3.05) is 6.54 Å². The second-order valence-electron chi connectivity index (χ2n) is 4.85. The summed E-state index contributed by atoms with van der Waals surface area (Å²) in [6.45, 7) is 4.34. The number of carbonyl (C=O) groups is 1. The number of amides is 1. The Balaban J connectivity index is 1.85. The van der Waals surface area contributed by atoms with Gasteiger partial charge >= 0.3 is 0 Å². The normalized spacial score (nSPS) is 19.1. The topological polar surface area (TPSA) is 72.4 Å². The molecule has 1 aliphatic heterocycles. The fourth-order valence-electron chi connectivity index (χ4n) is 2.47. The van der Waals surface area contributed by atoms with E-state index in [1.54, 1.807) is 17.9 Å². The lowest BCUT2D eigenvalue weighted by Gasteiger charge is -2.21. The lowest BCUT2D eigenvalue weighted by molar-refractivity contribution is 0.0688. The van der Waals surface area contributed by atoms with Gasteiger partial charge in [0.05, 0.1) is 11.7 Å². The number of hydrogen-bond donors (Lipinski definition) is 0. The second kappa shape index (κ2) is 4.53. The van der Waals surface area contributed by atoms with E-state index in [4.69, 9.17) is 9.05 Å². The van der Waals surface area contributed by atoms with E-state index in [1.165, 1.54) is 0 Å². The smallest absolute Gasteiger partial charge is 0.293 e. The summed E-state index contributed by atoms with van der Waals surface area (Å²) in [4.78, 5) is 14.2. The Bertz CT molecular complexity index is 602. The highest BCUT2D eigenvalue weighted by Crippen LogP contribution is 2.32. The molecule has 1 saturated heterocycles. The van der Waals surface area contributed by atoms with E-state index in [2.05, 4.69) is 10.3 Å². The molecule has 2 aromatic heterocycles. The van der Waals surface area contributed by atoms with E-state index in [-0.39, 0.29) is 17.7 Å². The predicted octanol–water partition coefficient (Wildman–Crippen LogP) is 2.26. The number of nitrogens with zero attached hydrogens (tertiary/aromatic N) is 3. The molecule has 1 aliphatic rings. The molecule has 0 N–H and O–H groups in total. The standard InChI is InChI=1S/C13H15N3O3/c1-8-6-12(19-14-8)13(17)16-5-3-4-11(16)10-7-9(2)18-15-10/h6-7,11H,3-5H2,1-2H3/t11-/m1/s1. The molecule has 6 heteroatoms. The third kappa shape index (κ3) is 2.14. The number of aryl methyl sites for hydroxylation is 2. The molecule has 0 radical (unpaired) electrons. The molecule has 100 valence electrons. The summed E-state index contributed by atoms with van der Waals surface area (Å²) >= 11 is 0. The van der Waals surface area contributed by atoms with E-state index in [0.29, 0.717) is 12.2 Å². The van der Waals surface area contributed by atoms with Crippen LogP contribution in [-0.2, 0) is 0 Å². The molecule has 0 bridgehead atoms. The van der Waals surface area contributed by atoms with Crippen LogP contribution in [0.1, 0.15) is 46.6 Å². The maximum Gasteiger partial charge on any atom is 0.293 e. The number of carbonyl (C=O) groups excluding carboxylic acids is 1. The lowest BCUT2D eigenvalue weighted by Crippen LogP contribution is -2.30. The molecule has 3 rings (SSSR count). The van der Waals surface area contributed by atoms with Gasteiger partial charge in [0.25, 0.3) is 5.91 Å². The van der Waals surface area contributed by atoms with E-state index in [9.17, 15) is 4.79 Å². The van der Waals surface area contributed by atoms with Gasteiger partial charge in [0.15, 0.2) is 0 Å². The van der Waals surface area contributed by atoms with Crippen LogP contribution in [0.15, 0.2) is 21.2 Å². The van der Waals surface area contributed by atoms with Crippen molar-refractivity contribution in [1.29, 1.82) is 0 Å². The fourth-order valence-corrected chi connectivity index (χ4v) is 2.47. The molecule has 1 fully saturated rings. The Hall–Kier alpha value is -2.11. The van der Waals surface area contributed by atoms with Gasteiger partial charge in [-0.2, -0.15) is 0 Å². The summed E-state index contributed by atoms with van der Waals surface area (Å²) in [5, 5.41) is 7.77. The maximum atomic E-state index is 12.4.